The van der Waals surface area contributed by atoms with Crippen LogP contribution in [0.4, 0.5) is 5.82 Å². The van der Waals surface area contributed by atoms with Gasteiger partial charge in [0.25, 0.3) is 5.91 Å². The molecule has 1 fully saturated rings. The third-order valence-corrected chi connectivity index (χ3v) is 3.23. The maximum atomic E-state index is 12.1. The predicted octanol–water partition coefficient (Wildman–Crippen LogP) is 1.08. The molecule has 3 N–H and O–H groups in total. The van der Waals surface area contributed by atoms with Crippen molar-refractivity contribution in [1.29, 1.82) is 0 Å². The fourth-order valence-corrected chi connectivity index (χ4v) is 2.02. The molecule has 0 radical (unpaired) electrons. The minimum Gasteiger partial charge on any atom is -0.370 e. The topological polar surface area (TPSA) is 83.1 Å². The van der Waals surface area contributed by atoms with E-state index in [0.717, 1.165) is 25.1 Å². The van der Waals surface area contributed by atoms with Crippen molar-refractivity contribution < 1.29 is 9.59 Å². The Balaban J connectivity index is 1.80. The molecule has 2 amide bonds. The quantitative estimate of drug-likeness (QED) is 0.656. The van der Waals surface area contributed by atoms with E-state index < -0.39 is 0 Å². The van der Waals surface area contributed by atoms with Gasteiger partial charge in [0.05, 0.1) is 0 Å². The second kappa shape index (κ2) is 7.06. The van der Waals surface area contributed by atoms with E-state index in [1.165, 1.54) is 0 Å². The van der Waals surface area contributed by atoms with Gasteiger partial charge in [0.15, 0.2) is 0 Å². The highest BCUT2D eigenvalue weighted by molar-refractivity contribution is 5.95. The van der Waals surface area contributed by atoms with Crippen LogP contribution in [-0.4, -0.2) is 36.4 Å². The fourth-order valence-electron chi connectivity index (χ4n) is 2.02. The van der Waals surface area contributed by atoms with Crippen molar-refractivity contribution in [3.63, 3.8) is 0 Å². The first-order valence-electron chi connectivity index (χ1n) is 7.38. The SMILES string of the molecule is CCNc1cc(C(=O)NCCNC(=O)C2CC2)cc(C)n1. The van der Waals surface area contributed by atoms with Gasteiger partial charge in [-0.15, -0.1) is 0 Å². The molecule has 1 heterocycles. The number of hydrogen-bond acceptors (Lipinski definition) is 4. The molecule has 0 aromatic carbocycles. The van der Waals surface area contributed by atoms with Gasteiger partial charge < -0.3 is 16.0 Å². The summed E-state index contributed by atoms with van der Waals surface area (Å²) in [6.45, 7) is 5.48. The standard InChI is InChI=1S/C15H22N4O2/c1-3-16-13-9-12(8-10(2)19-13)15(21)18-7-6-17-14(20)11-4-5-11/h8-9,11H,3-7H2,1-2H3,(H,16,19)(H,17,20)(H,18,21). The van der Waals surface area contributed by atoms with Gasteiger partial charge >= 0.3 is 0 Å². The van der Waals surface area contributed by atoms with Crippen molar-refractivity contribution in [2.45, 2.75) is 26.7 Å². The molecule has 1 saturated carbocycles. The summed E-state index contributed by atoms with van der Waals surface area (Å²) < 4.78 is 0. The molecule has 0 saturated heterocycles. The first-order valence-corrected chi connectivity index (χ1v) is 7.38. The lowest BCUT2D eigenvalue weighted by Crippen LogP contribution is -2.35. The Hall–Kier alpha value is -2.11. The number of rotatable bonds is 7. The number of carbonyl (C=O) groups is 2. The largest absolute Gasteiger partial charge is 0.370 e. The van der Waals surface area contributed by atoms with Gasteiger partial charge in [-0.3, -0.25) is 9.59 Å². The van der Waals surface area contributed by atoms with Crippen LogP contribution in [0.1, 0.15) is 35.8 Å². The monoisotopic (exact) mass is 290 g/mol. The molecule has 0 atom stereocenters. The van der Waals surface area contributed by atoms with E-state index in [0.29, 0.717) is 24.5 Å². The normalized spacial score (nSPS) is 13.6. The predicted molar refractivity (Wildman–Crippen MR) is 81.2 cm³/mol. The maximum Gasteiger partial charge on any atom is 0.251 e. The average Bonchev–Trinajstić information content (AvgIpc) is 3.27. The van der Waals surface area contributed by atoms with Gasteiger partial charge in [-0.1, -0.05) is 0 Å². The fraction of sp³-hybridized carbons (Fsp3) is 0.533. The second-order valence-electron chi connectivity index (χ2n) is 5.23. The molecule has 0 aliphatic heterocycles. The number of hydrogen-bond donors (Lipinski definition) is 3. The molecule has 1 aliphatic rings. The molecule has 1 aromatic heterocycles. The van der Waals surface area contributed by atoms with Gasteiger partial charge in [0.1, 0.15) is 5.82 Å². The van der Waals surface area contributed by atoms with Crippen LogP contribution in [-0.2, 0) is 4.79 Å². The van der Waals surface area contributed by atoms with Crippen LogP contribution in [0, 0.1) is 12.8 Å². The Morgan fingerprint density at radius 1 is 1.24 bits per heavy atom. The zero-order valence-electron chi connectivity index (χ0n) is 12.5. The number of aromatic nitrogens is 1. The molecule has 6 nitrogen and oxygen atoms in total. The molecule has 2 rings (SSSR count). The van der Waals surface area contributed by atoms with E-state index in [1.54, 1.807) is 12.1 Å². The Kier molecular flexibility index (Phi) is 5.14. The van der Waals surface area contributed by atoms with E-state index in [2.05, 4.69) is 20.9 Å². The summed E-state index contributed by atoms with van der Waals surface area (Å²) >= 11 is 0. The van der Waals surface area contributed by atoms with Gasteiger partial charge in [-0.25, -0.2) is 4.98 Å². The number of amides is 2. The number of pyridine rings is 1. The van der Waals surface area contributed by atoms with Gasteiger partial charge in [-0.2, -0.15) is 0 Å². The summed E-state index contributed by atoms with van der Waals surface area (Å²) in [5.74, 6) is 0.842. The minimum absolute atomic E-state index is 0.0958. The van der Waals surface area contributed by atoms with Gasteiger partial charge in [0, 0.05) is 36.8 Å². The molecule has 1 aliphatic carbocycles. The molecule has 1 aromatic rings. The molecule has 114 valence electrons. The smallest absolute Gasteiger partial charge is 0.251 e. The van der Waals surface area contributed by atoms with Crippen LogP contribution < -0.4 is 16.0 Å². The number of nitrogens with one attached hydrogen (secondary N) is 3. The van der Waals surface area contributed by atoms with Crippen molar-refractivity contribution >= 4 is 17.6 Å². The Bertz CT molecular complexity index is 526. The average molecular weight is 290 g/mol. The number of anilines is 1. The summed E-state index contributed by atoms with van der Waals surface area (Å²) in [5.41, 5.74) is 1.37. The Morgan fingerprint density at radius 3 is 2.62 bits per heavy atom. The molecule has 21 heavy (non-hydrogen) atoms. The number of aryl methyl sites for hydroxylation is 1. The summed E-state index contributed by atoms with van der Waals surface area (Å²) in [5, 5.41) is 8.71. The molecule has 0 bridgehead atoms. The molecular formula is C15H22N4O2. The van der Waals surface area contributed by atoms with E-state index in [1.807, 2.05) is 13.8 Å². The summed E-state index contributed by atoms with van der Waals surface area (Å²) in [6, 6.07) is 3.48. The molecule has 0 unspecified atom stereocenters. The van der Waals surface area contributed by atoms with E-state index in [4.69, 9.17) is 0 Å². The van der Waals surface area contributed by atoms with Crippen LogP contribution in [0.15, 0.2) is 12.1 Å². The first-order chi connectivity index (χ1) is 10.1. The highest BCUT2D eigenvalue weighted by Crippen LogP contribution is 2.28. The van der Waals surface area contributed by atoms with Crippen molar-refractivity contribution in [3.05, 3.63) is 23.4 Å². The van der Waals surface area contributed by atoms with Gasteiger partial charge in [-0.05, 0) is 38.8 Å². The number of nitrogens with zero attached hydrogens (tertiary/aromatic N) is 1. The molecule has 0 spiro atoms. The van der Waals surface area contributed by atoms with Crippen molar-refractivity contribution in [1.82, 2.24) is 15.6 Å². The van der Waals surface area contributed by atoms with Crippen LogP contribution in [0.3, 0.4) is 0 Å². The van der Waals surface area contributed by atoms with Crippen LogP contribution in [0.2, 0.25) is 0 Å². The summed E-state index contributed by atoms with van der Waals surface area (Å²) in [7, 11) is 0. The number of carbonyl (C=O) groups excluding carboxylic acids is 2. The van der Waals surface area contributed by atoms with Crippen molar-refractivity contribution in [2.24, 2.45) is 5.92 Å². The lowest BCUT2D eigenvalue weighted by molar-refractivity contribution is -0.122. The van der Waals surface area contributed by atoms with E-state index >= 15 is 0 Å². The Morgan fingerprint density at radius 2 is 1.95 bits per heavy atom. The zero-order chi connectivity index (χ0) is 15.2. The first kappa shape index (κ1) is 15.3. The van der Waals surface area contributed by atoms with Gasteiger partial charge in [0.2, 0.25) is 5.91 Å². The van der Waals surface area contributed by atoms with Crippen LogP contribution in [0.25, 0.3) is 0 Å². The van der Waals surface area contributed by atoms with Crippen molar-refractivity contribution in [3.8, 4) is 0 Å². The maximum absolute atomic E-state index is 12.1. The second-order valence-corrected chi connectivity index (χ2v) is 5.23. The zero-order valence-corrected chi connectivity index (χ0v) is 12.5. The highest BCUT2D eigenvalue weighted by Gasteiger charge is 2.28. The minimum atomic E-state index is -0.152. The third kappa shape index (κ3) is 4.73. The van der Waals surface area contributed by atoms with Crippen LogP contribution in [0.5, 0.6) is 0 Å². The van der Waals surface area contributed by atoms with Crippen molar-refractivity contribution in [2.75, 3.05) is 25.0 Å². The van der Waals surface area contributed by atoms with E-state index in [9.17, 15) is 9.59 Å². The third-order valence-electron chi connectivity index (χ3n) is 3.23. The van der Waals surface area contributed by atoms with Crippen LogP contribution >= 0.6 is 0 Å². The lowest BCUT2D eigenvalue weighted by atomic mass is 10.2. The Labute approximate surface area is 124 Å². The highest BCUT2D eigenvalue weighted by atomic mass is 16.2. The summed E-state index contributed by atoms with van der Waals surface area (Å²) in [6.07, 6.45) is 1.98. The molecule has 6 heteroatoms. The van der Waals surface area contributed by atoms with E-state index in [-0.39, 0.29) is 17.7 Å². The summed E-state index contributed by atoms with van der Waals surface area (Å²) in [4.78, 5) is 27.8. The molecular weight excluding hydrogens is 268 g/mol. The lowest BCUT2D eigenvalue weighted by Gasteiger charge is -2.09.